The van der Waals surface area contributed by atoms with Gasteiger partial charge in [0.25, 0.3) is 0 Å². The summed E-state index contributed by atoms with van der Waals surface area (Å²) in [6.45, 7) is 3.51. The van der Waals surface area contributed by atoms with E-state index in [4.69, 9.17) is 5.73 Å². The molecule has 0 aromatic heterocycles. The van der Waals surface area contributed by atoms with E-state index in [0.29, 0.717) is 6.04 Å². The molecule has 2 unspecified atom stereocenters. The van der Waals surface area contributed by atoms with Crippen LogP contribution in [0.2, 0.25) is 0 Å². The van der Waals surface area contributed by atoms with Gasteiger partial charge in [0.15, 0.2) is 0 Å². The molecule has 1 aromatic carbocycles. The molecule has 0 bridgehead atoms. The van der Waals surface area contributed by atoms with Gasteiger partial charge in [-0.25, -0.2) is 0 Å². The molecule has 1 saturated heterocycles. The van der Waals surface area contributed by atoms with Crippen molar-refractivity contribution in [3.05, 3.63) is 35.9 Å². The van der Waals surface area contributed by atoms with E-state index in [1.165, 1.54) is 57.2 Å². The first-order chi connectivity index (χ1) is 9.81. The zero-order valence-electron chi connectivity index (χ0n) is 12.5. The third-order valence-corrected chi connectivity index (χ3v) is 5.24. The molecular formula is C18H28N2. The van der Waals surface area contributed by atoms with Gasteiger partial charge >= 0.3 is 0 Å². The molecule has 0 radical (unpaired) electrons. The van der Waals surface area contributed by atoms with Gasteiger partial charge in [-0.1, -0.05) is 56.0 Å². The first-order valence-electron chi connectivity index (χ1n) is 8.33. The lowest BCUT2D eigenvalue weighted by atomic mass is 9.90. The first-order valence-corrected chi connectivity index (χ1v) is 8.33. The molecule has 2 heteroatoms. The number of benzene rings is 1. The summed E-state index contributed by atoms with van der Waals surface area (Å²) < 4.78 is 0. The number of hydrogen-bond donors (Lipinski definition) is 1. The maximum absolute atomic E-state index is 6.49. The van der Waals surface area contributed by atoms with Crippen LogP contribution in [-0.4, -0.2) is 24.0 Å². The molecular weight excluding hydrogens is 244 g/mol. The molecule has 1 aliphatic heterocycles. The van der Waals surface area contributed by atoms with Gasteiger partial charge in [-0.2, -0.15) is 0 Å². The minimum absolute atomic E-state index is 0.430. The number of nitrogens with zero attached hydrogens (tertiary/aromatic N) is 1. The molecule has 0 amide bonds. The average Bonchev–Trinajstić information content (AvgIpc) is 3.11. The Bertz CT molecular complexity index is 397. The van der Waals surface area contributed by atoms with Gasteiger partial charge < -0.3 is 5.73 Å². The van der Waals surface area contributed by atoms with E-state index in [-0.39, 0.29) is 0 Å². The van der Waals surface area contributed by atoms with Gasteiger partial charge in [-0.05, 0) is 36.8 Å². The zero-order valence-corrected chi connectivity index (χ0v) is 12.5. The fourth-order valence-corrected chi connectivity index (χ4v) is 4.02. The Morgan fingerprint density at radius 3 is 2.60 bits per heavy atom. The minimum atomic E-state index is 0.430. The molecule has 1 heterocycles. The highest BCUT2D eigenvalue weighted by atomic mass is 15.1. The van der Waals surface area contributed by atoms with Crippen LogP contribution in [0.3, 0.4) is 0 Å². The normalized spacial score (nSPS) is 26.1. The highest BCUT2D eigenvalue weighted by molar-refractivity contribution is 5.14. The Morgan fingerprint density at radius 1 is 1.10 bits per heavy atom. The highest BCUT2D eigenvalue weighted by Gasteiger charge is 2.29. The lowest BCUT2D eigenvalue weighted by molar-refractivity contribution is 0.291. The molecule has 2 nitrogen and oxygen atoms in total. The Morgan fingerprint density at radius 2 is 1.85 bits per heavy atom. The largest absolute Gasteiger partial charge is 0.327 e. The smallest absolute Gasteiger partial charge is 0.0233 e. The zero-order chi connectivity index (χ0) is 13.8. The van der Waals surface area contributed by atoms with Crippen molar-refractivity contribution in [3.63, 3.8) is 0 Å². The standard InChI is InChI=1S/C18H28N2/c19-18(12-15-6-4-5-7-15)17-10-11-20(14-17)13-16-8-2-1-3-9-16/h1-3,8-9,15,17-18H,4-7,10-14,19H2. The Kier molecular flexibility index (Phi) is 4.74. The average molecular weight is 272 g/mol. The molecule has 110 valence electrons. The summed E-state index contributed by atoms with van der Waals surface area (Å²) in [5, 5.41) is 0. The van der Waals surface area contributed by atoms with Crippen molar-refractivity contribution in [2.24, 2.45) is 17.6 Å². The van der Waals surface area contributed by atoms with Crippen molar-refractivity contribution in [1.29, 1.82) is 0 Å². The van der Waals surface area contributed by atoms with Gasteiger partial charge in [0.05, 0.1) is 0 Å². The van der Waals surface area contributed by atoms with Crippen LogP contribution in [0.1, 0.15) is 44.1 Å². The lowest BCUT2D eigenvalue weighted by Crippen LogP contribution is -2.34. The van der Waals surface area contributed by atoms with Crippen LogP contribution in [0, 0.1) is 11.8 Å². The van der Waals surface area contributed by atoms with Crippen LogP contribution in [0.5, 0.6) is 0 Å². The fourth-order valence-electron chi connectivity index (χ4n) is 4.02. The summed E-state index contributed by atoms with van der Waals surface area (Å²) in [5.41, 5.74) is 7.92. The van der Waals surface area contributed by atoms with Crippen LogP contribution in [0.15, 0.2) is 30.3 Å². The van der Waals surface area contributed by atoms with E-state index in [1.54, 1.807) is 0 Å². The van der Waals surface area contributed by atoms with Gasteiger partial charge in [-0.3, -0.25) is 4.90 Å². The van der Waals surface area contributed by atoms with E-state index in [2.05, 4.69) is 35.2 Å². The number of rotatable bonds is 5. The minimum Gasteiger partial charge on any atom is -0.327 e. The first kappa shape index (κ1) is 14.1. The predicted octanol–water partition coefficient (Wildman–Crippen LogP) is 3.42. The molecule has 2 fully saturated rings. The van der Waals surface area contributed by atoms with Gasteiger partial charge in [-0.15, -0.1) is 0 Å². The Balaban J connectivity index is 1.46. The summed E-state index contributed by atoms with van der Waals surface area (Å²) in [7, 11) is 0. The van der Waals surface area contributed by atoms with E-state index in [1.807, 2.05) is 0 Å². The topological polar surface area (TPSA) is 29.3 Å². The SMILES string of the molecule is NC(CC1CCCC1)C1CCN(Cc2ccccc2)C1. The fraction of sp³-hybridized carbons (Fsp3) is 0.667. The third-order valence-electron chi connectivity index (χ3n) is 5.24. The second kappa shape index (κ2) is 6.73. The molecule has 20 heavy (non-hydrogen) atoms. The molecule has 2 atom stereocenters. The summed E-state index contributed by atoms with van der Waals surface area (Å²) in [4.78, 5) is 2.58. The highest BCUT2D eigenvalue weighted by Crippen LogP contribution is 2.31. The van der Waals surface area contributed by atoms with E-state index in [0.717, 1.165) is 18.4 Å². The van der Waals surface area contributed by atoms with Crippen molar-refractivity contribution in [2.75, 3.05) is 13.1 Å². The second-order valence-corrected chi connectivity index (χ2v) is 6.82. The summed E-state index contributed by atoms with van der Waals surface area (Å²) in [6, 6.07) is 11.2. The van der Waals surface area contributed by atoms with E-state index >= 15 is 0 Å². The number of nitrogens with two attached hydrogens (primary N) is 1. The van der Waals surface area contributed by atoms with Gasteiger partial charge in [0, 0.05) is 19.1 Å². The van der Waals surface area contributed by atoms with E-state index in [9.17, 15) is 0 Å². The molecule has 3 rings (SSSR count). The monoisotopic (exact) mass is 272 g/mol. The van der Waals surface area contributed by atoms with Crippen LogP contribution in [0.4, 0.5) is 0 Å². The Labute approximate surface area is 123 Å². The number of hydrogen-bond acceptors (Lipinski definition) is 2. The predicted molar refractivity (Wildman–Crippen MR) is 84.4 cm³/mol. The van der Waals surface area contributed by atoms with Crippen LogP contribution >= 0.6 is 0 Å². The molecule has 0 spiro atoms. The molecule has 2 aliphatic rings. The lowest BCUT2D eigenvalue weighted by Gasteiger charge is -2.23. The maximum atomic E-state index is 6.49. The Hall–Kier alpha value is -0.860. The molecule has 1 aromatic rings. The molecule has 1 aliphatic carbocycles. The van der Waals surface area contributed by atoms with Gasteiger partial charge in [0.1, 0.15) is 0 Å². The van der Waals surface area contributed by atoms with Crippen molar-refractivity contribution in [2.45, 2.75) is 51.1 Å². The molecule has 1 saturated carbocycles. The second-order valence-electron chi connectivity index (χ2n) is 6.82. The summed E-state index contributed by atoms with van der Waals surface area (Å²) >= 11 is 0. The number of likely N-dealkylation sites (tertiary alicyclic amines) is 1. The summed E-state index contributed by atoms with van der Waals surface area (Å²) in [6.07, 6.45) is 8.28. The third kappa shape index (κ3) is 3.62. The van der Waals surface area contributed by atoms with Crippen molar-refractivity contribution >= 4 is 0 Å². The quantitative estimate of drug-likeness (QED) is 0.890. The van der Waals surface area contributed by atoms with Crippen LogP contribution in [0.25, 0.3) is 0 Å². The van der Waals surface area contributed by atoms with Gasteiger partial charge in [0.2, 0.25) is 0 Å². The summed E-state index contributed by atoms with van der Waals surface area (Å²) in [5.74, 6) is 1.65. The van der Waals surface area contributed by atoms with Crippen LogP contribution in [-0.2, 0) is 6.54 Å². The van der Waals surface area contributed by atoms with E-state index < -0.39 is 0 Å². The van der Waals surface area contributed by atoms with Crippen molar-refractivity contribution in [1.82, 2.24) is 4.90 Å². The van der Waals surface area contributed by atoms with Crippen LogP contribution < -0.4 is 5.73 Å². The maximum Gasteiger partial charge on any atom is 0.0233 e. The van der Waals surface area contributed by atoms with Crippen molar-refractivity contribution < 1.29 is 0 Å². The molecule has 2 N–H and O–H groups in total. The van der Waals surface area contributed by atoms with Crippen molar-refractivity contribution in [3.8, 4) is 0 Å².